The fourth-order valence-electron chi connectivity index (χ4n) is 3.19. The van der Waals surface area contributed by atoms with E-state index >= 15 is 0 Å². The standard InChI is InChI=1S/C25H26N3.2ClH.Co/c1-16-10-7-11-17(2)24(16)26-20(5)22-14-9-15-23(28-22)21(6)27-25-18(3)12-8-13-19(25)4;;;/h7-14H,1-6H3;2*1H;/q-1;;;+3/p-2. The van der Waals surface area contributed by atoms with Crippen LogP contribution in [-0.2, 0) is 14.8 Å². The molecule has 0 amide bonds. The van der Waals surface area contributed by atoms with E-state index in [1.165, 1.54) is 0 Å². The van der Waals surface area contributed by atoms with Gasteiger partial charge in [-0.3, -0.25) is 9.98 Å². The molecule has 164 valence electrons. The van der Waals surface area contributed by atoms with Crippen LogP contribution in [0.1, 0.15) is 47.5 Å². The first-order chi connectivity index (χ1) is 14.4. The van der Waals surface area contributed by atoms with Gasteiger partial charge in [0.2, 0.25) is 0 Å². The van der Waals surface area contributed by atoms with Crippen molar-refractivity contribution in [1.82, 2.24) is 4.98 Å². The van der Waals surface area contributed by atoms with Crippen LogP contribution in [0, 0.1) is 33.8 Å². The number of aryl methyl sites for hydroxylation is 4. The van der Waals surface area contributed by atoms with Gasteiger partial charge in [-0.15, -0.1) is 6.07 Å². The van der Waals surface area contributed by atoms with Gasteiger partial charge >= 0.3 is 25.0 Å². The molecule has 0 saturated heterocycles. The average Bonchev–Trinajstić information content (AvgIpc) is 2.75. The van der Waals surface area contributed by atoms with Gasteiger partial charge in [-0.2, -0.15) is 12.1 Å². The normalized spacial score (nSPS) is 11.4. The monoisotopic (exact) mass is 497 g/mol. The summed E-state index contributed by atoms with van der Waals surface area (Å²) in [6.07, 6.45) is 0. The number of pyridine rings is 1. The van der Waals surface area contributed by atoms with E-state index in [4.69, 9.17) is 15.0 Å². The first kappa shape index (κ1) is 27.1. The van der Waals surface area contributed by atoms with Gasteiger partial charge in [0.15, 0.2) is 0 Å². The molecule has 3 aromatic rings. The molecule has 0 saturated carbocycles. The van der Waals surface area contributed by atoms with E-state index in [1.807, 2.05) is 26.0 Å². The number of para-hydroxylation sites is 2. The van der Waals surface area contributed by atoms with Crippen molar-refractivity contribution in [1.29, 1.82) is 0 Å². The molecule has 31 heavy (non-hydrogen) atoms. The van der Waals surface area contributed by atoms with Crippen molar-refractivity contribution in [3.63, 3.8) is 0 Å². The van der Waals surface area contributed by atoms with E-state index < -0.39 is 0 Å². The summed E-state index contributed by atoms with van der Waals surface area (Å²) in [7, 11) is 4.33. The first-order valence-corrected chi connectivity index (χ1v) is 11.0. The molecule has 3 rings (SSSR count). The molecule has 0 aliphatic heterocycles. The molecule has 0 atom stereocenters. The van der Waals surface area contributed by atoms with Crippen LogP contribution in [0.25, 0.3) is 0 Å². The van der Waals surface area contributed by atoms with Gasteiger partial charge in [-0.05, 0) is 68.3 Å². The van der Waals surface area contributed by atoms with Crippen LogP contribution < -0.4 is 12.4 Å². The molecule has 3 nitrogen and oxygen atoms in total. The minimum atomic E-state index is 0. The van der Waals surface area contributed by atoms with Crippen LogP contribution in [-0.4, -0.2) is 16.4 Å². The molecule has 0 aliphatic carbocycles. The molecular weight excluding hydrogens is 472 g/mol. The second-order valence-corrected chi connectivity index (χ2v) is 7.20. The molecule has 0 aliphatic rings. The Kier molecular flexibility index (Phi) is 11.1. The molecule has 6 heteroatoms. The molecule has 1 aromatic heterocycles. The molecular formula is C25H26Cl2CoN3. The van der Waals surface area contributed by atoms with Gasteiger partial charge in [0.05, 0.1) is 17.1 Å². The SMILES string of the molecule is CC(=Nc1c(C)cccc1C)c1[c-]ccc(C(C)=Nc2c(C)cccc2C)n1.[Cl-].[Cl][Co+2]. The molecule has 0 unspecified atom stereocenters. The minimum absolute atomic E-state index is 0. The summed E-state index contributed by atoms with van der Waals surface area (Å²) in [5, 5.41) is 0. The van der Waals surface area contributed by atoms with Gasteiger partial charge in [0.1, 0.15) is 0 Å². The zero-order valence-corrected chi connectivity index (χ0v) is 21.1. The number of benzene rings is 2. The fourth-order valence-corrected chi connectivity index (χ4v) is 3.19. The van der Waals surface area contributed by atoms with Crippen molar-refractivity contribution in [3.05, 3.63) is 88.2 Å². The number of nitrogens with zero attached hydrogens (tertiary/aromatic N) is 3. The number of hydrogen-bond donors (Lipinski definition) is 0. The van der Waals surface area contributed by atoms with E-state index in [0.717, 1.165) is 56.4 Å². The molecule has 1 heterocycles. The Bertz CT molecular complexity index is 969. The maximum atomic E-state index is 4.84. The zero-order chi connectivity index (χ0) is 22.3. The quantitative estimate of drug-likeness (QED) is 0.395. The van der Waals surface area contributed by atoms with Crippen LogP contribution in [0.3, 0.4) is 0 Å². The number of aromatic nitrogens is 1. The fraction of sp³-hybridized carbons (Fsp3) is 0.240. The van der Waals surface area contributed by atoms with Crippen LogP contribution in [0.15, 0.2) is 58.5 Å². The summed E-state index contributed by atoms with van der Waals surface area (Å²) in [6.45, 7) is 12.3. The number of aliphatic imine (C=N–C) groups is 2. The van der Waals surface area contributed by atoms with E-state index in [2.05, 4.69) is 95.1 Å². The van der Waals surface area contributed by atoms with Gasteiger partial charge in [-0.25, -0.2) is 0 Å². The summed E-state index contributed by atoms with van der Waals surface area (Å²) >= 11 is 3.03. The Hall–Kier alpha value is -1.98. The molecule has 2 aromatic carbocycles. The molecule has 0 bridgehead atoms. The van der Waals surface area contributed by atoms with Crippen molar-refractivity contribution < 1.29 is 27.2 Å². The van der Waals surface area contributed by atoms with Crippen LogP contribution in [0.5, 0.6) is 0 Å². The van der Waals surface area contributed by atoms with Crippen molar-refractivity contribution >= 4 is 32.9 Å². The summed E-state index contributed by atoms with van der Waals surface area (Å²) < 4.78 is 0. The van der Waals surface area contributed by atoms with Crippen molar-refractivity contribution in [2.75, 3.05) is 0 Å². The summed E-state index contributed by atoms with van der Waals surface area (Å²) in [4.78, 5) is 14.4. The van der Waals surface area contributed by atoms with Gasteiger partial charge < -0.3 is 17.4 Å². The number of halogens is 2. The zero-order valence-electron chi connectivity index (χ0n) is 18.5. The molecule has 0 N–H and O–H groups in total. The van der Waals surface area contributed by atoms with Crippen LogP contribution in [0.4, 0.5) is 11.4 Å². The maximum absolute atomic E-state index is 4.84. The van der Waals surface area contributed by atoms with Crippen LogP contribution >= 0.6 is 10.1 Å². The van der Waals surface area contributed by atoms with E-state index in [1.54, 1.807) is 0 Å². The van der Waals surface area contributed by atoms with Crippen LogP contribution in [0.2, 0.25) is 0 Å². The summed E-state index contributed by atoms with van der Waals surface area (Å²) in [6, 6.07) is 19.5. The molecule has 0 fully saturated rings. The topological polar surface area (TPSA) is 37.6 Å². The third-order valence-corrected chi connectivity index (χ3v) is 4.84. The number of rotatable bonds is 4. The molecule has 0 radical (unpaired) electrons. The van der Waals surface area contributed by atoms with Crippen molar-refractivity contribution in [3.8, 4) is 0 Å². The second kappa shape index (κ2) is 12.8. The Morgan fingerprint density at radius 2 is 1.19 bits per heavy atom. The van der Waals surface area contributed by atoms with E-state index in [0.29, 0.717) is 0 Å². The Balaban J connectivity index is 0.00000156. The Morgan fingerprint density at radius 1 is 0.774 bits per heavy atom. The predicted molar refractivity (Wildman–Crippen MR) is 125 cm³/mol. The third-order valence-electron chi connectivity index (χ3n) is 4.84. The second-order valence-electron chi connectivity index (χ2n) is 7.20. The van der Waals surface area contributed by atoms with Crippen molar-refractivity contribution in [2.45, 2.75) is 41.5 Å². The third kappa shape index (κ3) is 7.01. The Labute approximate surface area is 204 Å². The van der Waals surface area contributed by atoms with Gasteiger partial charge in [-0.1, -0.05) is 43.3 Å². The van der Waals surface area contributed by atoms with Gasteiger partial charge in [0, 0.05) is 5.69 Å². The Morgan fingerprint density at radius 3 is 1.65 bits per heavy atom. The predicted octanol–water partition coefficient (Wildman–Crippen LogP) is 4.09. The van der Waals surface area contributed by atoms with Crippen molar-refractivity contribution in [2.24, 2.45) is 9.98 Å². The van der Waals surface area contributed by atoms with E-state index in [-0.39, 0.29) is 12.4 Å². The summed E-state index contributed by atoms with van der Waals surface area (Å²) in [5.41, 5.74) is 9.96. The van der Waals surface area contributed by atoms with Gasteiger partial charge in [0.25, 0.3) is 0 Å². The first-order valence-electron chi connectivity index (χ1n) is 9.62. The average molecular weight is 498 g/mol. The van der Waals surface area contributed by atoms with E-state index in [9.17, 15) is 0 Å². The molecule has 0 spiro atoms. The summed E-state index contributed by atoms with van der Waals surface area (Å²) in [5.74, 6) is 0. The number of hydrogen-bond acceptors (Lipinski definition) is 3.